The molecule has 1 fully saturated rings. The van der Waals surface area contributed by atoms with Crippen LogP contribution in [0.5, 0.6) is 0 Å². The molecule has 0 radical (unpaired) electrons. The number of rotatable bonds is 8. The average molecular weight is 494 g/mol. The number of fused-ring (bicyclic) bond motifs is 3. The van der Waals surface area contributed by atoms with Crippen molar-refractivity contribution < 1.29 is 17.9 Å². The summed E-state index contributed by atoms with van der Waals surface area (Å²) in [6.07, 6.45) is 4.81. The van der Waals surface area contributed by atoms with Gasteiger partial charge in [-0.1, -0.05) is 44.2 Å². The average Bonchev–Trinajstić information content (AvgIpc) is 3.62. The lowest BCUT2D eigenvalue weighted by atomic mass is 9.99. The van der Waals surface area contributed by atoms with Gasteiger partial charge in [0.05, 0.1) is 10.9 Å². The zero-order valence-corrected chi connectivity index (χ0v) is 20.9. The van der Waals surface area contributed by atoms with Crippen LogP contribution in [-0.4, -0.2) is 26.0 Å². The topological polar surface area (TPSA) is 97.4 Å². The summed E-state index contributed by atoms with van der Waals surface area (Å²) in [7, 11) is -3.70. The molecule has 1 amide bonds. The van der Waals surface area contributed by atoms with Gasteiger partial charge < -0.3 is 10.1 Å². The Morgan fingerprint density at radius 2 is 1.89 bits per heavy atom. The summed E-state index contributed by atoms with van der Waals surface area (Å²) in [5.74, 6) is 0.596. The van der Waals surface area contributed by atoms with Gasteiger partial charge >= 0.3 is 6.09 Å². The maximum atomic E-state index is 13.3. The van der Waals surface area contributed by atoms with Crippen molar-refractivity contribution in [3.63, 3.8) is 0 Å². The largest absolute Gasteiger partial charge is 0.445 e. The minimum atomic E-state index is -3.70. The van der Waals surface area contributed by atoms with E-state index in [1.807, 2.05) is 50.2 Å². The molecule has 5 rings (SSSR count). The van der Waals surface area contributed by atoms with Crippen molar-refractivity contribution in [3.8, 4) is 0 Å². The van der Waals surface area contributed by atoms with Crippen LogP contribution in [0.1, 0.15) is 67.5 Å². The lowest BCUT2D eigenvalue weighted by Crippen LogP contribution is -2.29. The number of hydrogen-bond donors (Lipinski definition) is 2. The highest BCUT2D eigenvalue weighted by atomic mass is 32.2. The monoisotopic (exact) mass is 493 g/mol. The molecule has 2 aliphatic rings. The third kappa shape index (κ3) is 5.18. The molecule has 1 atom stereocenters. The number of aryl methyl sites for hydroxylation is 1. The second-order valence-corrected chi connectivity index (χ2v) is 11.7. The second kappa shape index (κ2) is 9.59. The van der Waals surface area contributed by atoms with Gasteiger partial charge in [0.25, 0.3) is 0 Å². The molecule has 0 spiro atoms. The van der Waals surface area contributed by atoms with Crippen LogP contribution in [0.2, 0.25) is 0 Å². The molecule has 7 nitrogen and oxygen atoms in total. The number of hydrogen-bond acceptors (Lipinski definition) is 5. The normalized spacial score (nSPS) is 17.5. The van der Waals surface area contributed by atoms with Crippen molar-refractivity contribution in [2.45, 2.75) is 63.0 Å². The van der Waals surface area contributed by atoms with Crippen molar-refractivity contribution in [1.29, 1.82) is 0 Å². The highest BCUT2D eigenvalue weighted by Gasteiger charge is 2.32. The van der Waals surface area contributed by atoms with E-state index in [2.05, 4.69) is 15.0 Å². The summed E-state index contributed by atoms with van der Waals surface area (Å²) in [6.45, 7) is 4.52. The maximum absolute atomic E-state index is 13.3. The number of alkyl carbamates (subject to hydrolysis) is 1. The van der Waals surface area contributed by atoms with Gasteiger partial charge in [0.15, 0.2) is 0 Å². The SMILES string of the molecule is CC(C)CNS(=O)(=O)c1cc2c(c3cnc(C4CC4)cc13)C(NC(=O)OCc1ccccc1)CC2. The van der Waals surface area contributed by atoms with Gasteiger partial charge in [-0.2, -0.15) is 0 Å². The third-order valence-corrected chi connectivity index (χ3v) is 8.12. The predicted molar refractivity (Wildman–Crippen MR) is 135 cm³/mol. The van der Waals surface area contributed by atoms with E-state index >= 15 is 0 Å². The van der Waals surface area contributed by atoms with Crippen LogP contribution < -0.4 is 10.0 Å². The summed E-state index contributed by atoms with van der Waals surface area (Å²) in [5.41, 5.74) is 3.72. The van der Waals surface area contributed by atoms with Crippen molar-refractivity contribution >= 4 is 26.9 Å². The molecule has 1 heterocycles. The first-order chi connectivity index (χ1) is 16.8. The fourth-order valence-electron chi connectivity index (χ4n) is 4.67. The Hall–Kier alpha value is -2.97. The molecule has 0 saturated heterocycles. The van der Waals surface area contributed by atoms with E-state index in [4.69, 9.17) is 4.74 Å². The number of aromatic nitrogens is 1. The standard InChI is InChI=1S/C27H31N3O4S/c1-17(2)14-29-35(32,33)25-12-20-10-11-23(30-27(31)34-16-18-6-4-3-5-7-18)26(20)22-15-28-24(13-21(22)25)19-8-9-19/h3-7,12-13,15,17,19,23,29H,8-11,14,16H2,1-2H3,(H,30,31). The molecule has 1 aromatic heterocycles. The number of amides is 1. The van der Waals surface area contributed by atoms with Gasteiger partial charge in [-0.15, -0.1) is 0 Å². The smallest absolute Gasteiger partial charge is 0.407 e. The predicted octanol–water partition coefficient (Wildman–Crippen LogP) is 4.96. The van der Waals surface area contributed by atoms with Crippen LogP contribution in [0.15, 0.2) is 53.6 Å². The molecule has 0 bridgehead atoms. The number of carbonyl (C=O) groups excluding carboxylic acids is 1. The second-order valence-electron chi connectivity index (χ2n) is 9.92. The van der Waals surface area contributed by atoms with Crippen LogP contribution in [0.25, 0.3) is 10.8 Å². The zero-order chi connectivity index (χ0) is 24.6. The summed E-state index contributed by atoms with van der Waals surface area (Å²) in [4.78, 5) is 17.6. The lowest BCUT2D eigenvalue weighted by molar-refractivity contribution is 0.135. The number of sulfonamides is 1. The fourth-order valence-corrected chi connectivity index (χ4v) is 6.13. The minimum absolute atomic E-state index is 0.192. The first kappa shape index (κ1) is 23.8. The number of ether oxygens (including phenoxy) is 1. The van der Waals surface area contributed by atoms with Crippen molar-refractivity contribution in [2.24, 2.45) is 5.92 Å². The number of nitrogens with one attached hydrogen (secondary N) is 2. The van der Waals surface area contributed by atoms with E-state index < -0.39 is 16.1 Å². The molecule has 0 aliphatic heterocycles. The quantitative estimate of drug-likeness (QED) is 0.462. The fraction of sp³-hybridized carbons (Fsp3) is 0.407. The Balaban J connectivity index is 1.46. The van der Waals surface area contributed by atoms with Gasteiger partial charge in [0, 0.05) is 35.1 Å². The van der Waals surface area contributed by atoms with Gasteiger partial charge in [-0.05, 0) is 60.4 Å². The molecule has 1 saturated carbocycles. The molecular formula is C27H31N3O4S. The van der Waals surface area contributed by atoms with E-state index in [9.17, 15) is 13.2 Å². The van der Waals surface area contributed by atoms with E-state index in [0.717, 1.165) is 40.6 Å². The Kier molecular flexibility index (Phi) is 6.51. The van der Waals surface area contributed by atoms with Gasteiger partial charge in [0.2, 0.25) is 10.0 Å². The van der Waals surface area contributed by atoms with Crippen LogP contribution >= 0.6 is 0 Å². The van der Waals surface area contributed by atoms with Crippen molar-refractivity contribution in [2.75, 3.05) is 6.54 Å². The van der Waals surface area contributed by atoms with Crippen molar-refractivity contribution in [3.05, 3.63) is 71.0 Å². The molecule has 2 N–H and O–H groups in total. The zero-order valence-electron chi connectivity index (χ0n) is 20.1. The summed E-state index contributed by atoms with van der Waals surface area (Å²) >= 11 is 0. The van der Waals surface area contributed by atoms with Gasteiger partial charge in [-0.3, -0.25) is 4.98 Å². The highest BCUT2D eigenvalue weighted by Crippen LogP contribution is 2.43. The highest BCUT2D eigenvalue weighted by molar-refractivity contribution is 7.89. The minimum Gasteiger partial charge on any atom is -0.445 e. The first-order valence-electron chi connectivity index (χ1n) is 12.2. The first-order valence-corrected chi connectivity index (χ1v) is 13.7. The van der Waals surface area contributed by atoms with Gasteiger partial charge in [-0.25, -0.2) is 17.9 Å². The summed E-state index contributed by atoms with van der Waals surface area (Å²) in [6, 6.07) is 13.0. The van der Waals surface area contributed by atoms with E-state index in [0.29, 0.717) is 35.6 Å². The Bertz CT molecular complexity index is 1350. The van der Waals surface area contributed by atoms with Crippen molar-refractivity contribution in [1.82, 2.24) is 15.0 Å². The number of nitrogens with zero attached hydrogens (tertiary/aromatic N) is 1. The third-order valence-electron chi connectivity index (χ3n) is 6.65. The van der Waals surface area contributed by atoms with E-state index in [1.165, 1.54) is 0 Å². The molecule has 2 aliphatic carbocycles. The maximum Gasteiger partial charge on any atom is 0.407 e. The van der Waals surface area contributed by atoms with Crippen LogP contribution in [0.4, 0.5) is 4.79 Å². The number of carbonyl (C=O) groups is 1. The summed E-state index contributed by atoms with van der Waals surface area (Å²) in [5, 5.41) is 4.44. The molecule has 35 heavy (non-hydrogen) atoms. The van der Waals surface area contributed by atoms with Crippen LogP contribution in [-0.2, 0) is 27.8 Å². The van der Waals surface area contributed by atoms with E-state index in [1.54, 1.807) is 12.3 Å². The molecule has 1 unspecified atom stereocenters. The molecular weight excluding hydrogens is 462 g/mol. The summed E-state index contributed by atoms with van der Waals surface area (Å²) < 4.78 is 34.8. The van der Waals surface area contributed by atoms with Crippen LogP contribution in [0.3, 0.4) is 0 Å². The Labute approximate surface area is 206 Å². The number of benzene rings is 2. The van der Waals surface area contributed by atoms with Crippen LogP contribution in [0, 0.1) is 5.92 Å². The molecule has 184 valence electrons. The lowest BCUT2D eigenvalue weighted by Gasteiger charge is -2.19. The molecule has 3 aromatic rings. The molecule has 8 heteroatoms. The molecule has 2 aromatic carbocycles. The Morgan fingerprint density at radius 1 is 1.11 bits per heavy atom. The van der Waals surface area contributed by atoms with Gasteiger partial charge in [0.1, 0.15) is 6.61 Å². The van der Waals surface area contributed by atoms with E-state index in [-0.39, 0.29) is 18.6 Å². The number of pyridine rings is 1. The Morgan fingerprint density at radius 3 is 2.60 bits per heavy atom.